The van der Waals surface area contributed by atoms with Crippen LogP contribution in [0.2, 0.25) is 0 Å². The lowest BCUT2D eigenvalue weighted by Gasteiger charge is -2.37. The lowest BCUT2D eigenvalue weighted by molar-refractivity contribution is -0.136. The van der Waals surface area contributed by atoms with E-state index in [0.29, 0.717) is 24.9 Å². The van der Waals surface area contributed by atoms with E-state index in [1.807, 2.05) is 54.6 Å². The van der Waals surface area contributed by atoms with E-state index >= 15 is 0 Å². The summed E-state index contributed by atoms with van der Waals surface area (Å²) in [4.78, 5) is 29.8. The Balaban J connectivity index is 1.23. The van der Waals surface area contributed by atoms with Gasteiger partial charge in [0, 0.05) is 47.9 Å². The molecule has 1 atom stereocenters. The van der Waals surface area contributed by atoms with E-state index in [1.165, 1.54) is 6.42 Å². The maximum atomic E-state index is 13.4. The number of piperidine rings is 2. The van der Waals surface area contributed by atoms with Crippen LogP contribution in [0, 0.1) is 5.92 Å². The highest BCUT2D eigenvalue weighted by Crippen LogP contribution is 2.34. The first-order chi connectivity index (χ1) is 20.2. The van der Waals surface area contributed by atoms with Crippen LogP contribution >= 0.6 is 11.8 Å². The zero-order valence-electron chi connectivity index (χ0n) is 23.3. The number of nitrogens with zero attached hydrogens (tertiary/aromatic N) is 4. The molecule has 1 amide bonds. The van der Waals surface area contributed by atoms with Crippen LogP contribution in [0.3, 0.4) is 0 Å². The number of likely N-dealkylation sites (tertiary alicyclic amines) is 1. The Bertz CT molecular complexity index is 1510. The average molecular weight is 568 g/mol. The normalized spacial score (nSPS) is 17.5. The average Bonchev–Trinajstić information content (AvgIpc) is 3.04. The number of anilines is 2. The Kier molecular flexibility index (Phi) is 8.68. The van der Waals surface area contributed by atoms with Crippen molar-refractivity contribution in [3.63, 3.8) is 0 Å². The summed E-state index contributed by atoms with van der Waals surface area (Å²) in [5, 5.41) is 14.3. The number of carbonyl (C=O) groups is 1. The van der Waals surface area contributed by atoms with E-state index < -0.39 is 0 Å². The number of para-hydroxylation sites is 1. The molecule has 8 heteroatoms. The van der Waals surface area contributed by atoms with Crippen molar-refractivity contribution in [1.82, 2.24) is 14.9 Å². The molecule has 3 heterocycles. The second-order valence-electron chi connectivity index (χ2n) is 10.9. The topological polar surface area (TPSA) is 81.6 Å². The third-order valence-corrected chi connectivity index (χ3v) is 9.33. The van der Waals surface area contributed by atoms with Crippen molar-refractivity contribution in [2.45, 2.75) is 55.0 Å². The molecule has 1 unspecified atom stereocenters. The molecule has 2 aliphatic heterocycles. The zero-order chi connectivity index (χ0) is 28.0. The first-order valence-electron chi connectivity index (χ1n) is 14.7. The fraction of sp³-hybridized carbons (Fsp3) is 0.364. The summed E-state index contributed by atoms with van der Waals surface area (Å²) in [5.74, 6) is 1.80. The van der Waals surface area contributed by atoms with Crippen molar-refractivity contribution in [2.75, 3.05) is 36.4 Å². The monoisotopic (exact) mass is 567 g/mol. The van der Waals surface area contributed by atoms with Crippen LogP contribution in [-0.2, 0) is 17.9 Å². The number of rotatable bonds is 8. The molecule has 41 heavy (non-hydrogen) atoms. The number of fused-ring (bicyclic) bond motifs is 1. The molecule has 7 nitrogen and oxygen atoms in total. The fourth-order valence-electron chi connectivity index (χ4n) is 5.90. The van der Waals surface area contributed by atoms with Gasteiger partial charge < -0.3 is 20.2 Å². The number of hydrogen-bond acceptors (Lipinski definition) is 7. The summed E-state index contributed by atoms with van der Waals surface area (Å²) in [6.45, 7) is 3.94. The number of nitrogens with one attached hydrogen (secondary N) is 1. The standard InChI is InChI=1S/C33H37N5O2S/c39-23-26-12-3-7-17-30(26)41-29-16-6-2-11-24(29)21-34-33-35-28-15-5-4-14-27(28)31(36-33)38-20-10-13-25(22-38)32(40)37-18-8-1-9-19-37/h2-7,11-12,14-17,25,39H,1,8-10,13,18-23H2,(H,34,35,36). The lowest BCUT2D eigenvalue weighted by Crippen LogP contribution is -2.46. The van der Waals surface area contributed by atoms with Crippen molar-refractivity contribution in [3.8, 4) is 0 Å². The first-order valence-corrected chi connectivity index (χ1v) is 15.5. The van der Waals surface area contributed by atoms with E-state index in [-0.39, 0.29) is 12.5 Å². The number of aromatic nitrogens is 2. The third kappa shape index (κ3) is 6.34. The molecule has 0 bridgehead atoms. The van der Waals surface area contributed by atoms with Gasteiger partial charge in [-0.25, -0.2) is 4.98 Å². The fourth-order valence-corrected chi connectivity index (χ4v) is 6.96. The largest absolute Gasteiger partial charge is 0.392 e. The predicted octanol–water partition coefficient (Wildman–Crippen LogP) is 6.11. The number of benzene rings is 3. The lowest BCUT2D eigenvalue weighted by atomic mass is 9.95. The molecule has 6 rings (SSSR count). The van der Waals surface area contributed by atoms with Crippen LogP contribution in [0.25, 0.3) is 10.9 Å². The highest BCUT2D eigenvalue weighted by Gasteiger charge is 2.31. The summed E-state index contributed by atoms with van der Waals surface area (Å²) < 4.78 is 0. The minimum atomic E-state index is 0.0117. The molecule has 2 saturated heterocycles. The molecule has 0 aliphatic carbocycles. The number of hydrogen-bond donors (Lipinski definition) is 2. The van der Waals surface area contributed by atoms with Gasteiger partial charge in [0.25, 0.3) is 0 Å². The van der Waals surface area contributed by atoms with E-state index in [9.17, 15) is 9.90 Å². The van der Waals surface area contributed by atoms with Crippen LogP contribution in [0.5, 0.6) is 0 Å². The molecule has 0 saturated carbocycles. The number of amides is 1. The van der Waals surface area contributed by atoms with Gasteiger partial charge >= 0.3 is 0 Å². The van der Waals surface area contributed by atoms with Gasteiger partial charge in [0.2, 0.25) is 11.9 Å². The van der Waals surface area contributed by atoms with Crippen LogP contribution < -0.4 is 10.2 Å². The van der Waals surface area contributed by atoms with Crippen molar-refractivity contribution >= 4 is 40.3 Å². The molecule has 0 radical (unpaired) electrons. The highest BCUT2D eigenvalue weighted by molar-refractivity contribution is 7.99. The van der Waals surface area contributed by atoms with E-state index in [1.54, 1.807) is 11.8 Å². The molecule has 2 N–H and O–H groups in total. The minimum Gasteiger partial charge on any atom is -0.392 e. The number of aliphatic hydroxyl groups excluding tert-OH is 1. The quantitative estimate of drug-likeness (QED) is 0.266. The number of carbonyl (C=O) groups excluding carboxylic acids is 1. The van der Waals surface area contributed by atoms with Crippen LogP contribution in [0.15, 0.2) is 82.6 Å². The Morgan fingerprint density at radius 2 is 1.56 bits per heavy atom. The SMILES string of the molecule is O=C(C1CCCN(c2nc(NCc3ccccc3Sc3ccccc3CO)nc3ccccc23)C1)N1CCCCC1. The molecule has 2 aliphatic rings. The van der Waals surface area contributed by atoms with E-state index in [2.05, 4.69) is 33.3 Å². The molecule has 2 fully saturated rings. The van der Waals surface area contributed by atoms with Gasteiger partial charge in [0.05, 0.1) is 18.0 Å². The van der Waals surface area contributed by atoms with Crippen molar-refractivity contribution in [1.29, 1.82) is 0 Å². The van der Waals surface area contributed by atoms with Crippen molar-refractivity contribution in [2.24, 2.45) is 5.92 Å². The second kappa shape index (κ2) is 12.9. The first kappa shape index (κ1) is 27.5. The molecule has 4 aromatic rings. The Morgan fingerprint density at radius 1 is 0.854 bits per heavy atom. The number of aliphatic hydroxyl groups is 1. The highest BCUT2D eigenvalue weighted by atomic mass is 32.2. The van der Waals surface area contributed by atoms with Gasteiger partial charge in [-0.05, 0) is 67.5 Å². The van der Waals surface area contributed by atoms with Gasteiger partial charge in [-0.1, -0.05) is 60.3 Å². The van der Waals surface area contributed by atoms with E-state index in [0.717, 1.165) is 83.0 Å². The third-order valence-electron chi connectivity index (χ3n) is 8.09. The molecule has 212 valence electrons. The summed E-state index contributed by atoms with van der Waals surface area (Å²) in [6, 6.07) is 24.4. The molecule has 3 aromatic carbocycles. The maximum absolute atomic E-state index is 13.4. The van der Waals surface area contributed by atoms with Gasteiger partial charge in [0.15, 0.2) is 0 Å². The van der Waals surface area contributed by atoms with Crippen molar-refractivity contribution < 1.29 is 9.90 Å². The summed E-state index contributed by atoms with van der Waals surface area (Å²) in [7, 11) is 0. The zero-order valence-corrected chi connectivity index (χ0v) is 24.2. The Labute approximate surface area is 246 Å². The summed E-state index contributed by atoms with van der Waals surface area (Å²) in [5.41, 5.74) is 2.94. The van der Waals surface area contributed by atoms with Gasteiger partial charge in [-0.3, -0.25) is 4.79 Å². The van der Waals surface area contributed by atoms with Crippen molar-refractivity contribution in [3.05, 3.63) is 83.9 Å². The van der Waals surface area contributed by atoms with E-state index in [4.69, 9.17) is 9.97 Å². The van der Waals surface area contributed by atoms with Gasteiger partial charge in [-0.2, -0.15) is 4.98 Å². The molecular formula is C33H37N5O2S. The van der Waals surface area contributed by atoms with Crippen LogP contribution in [-0.4, -0.2) is 52.1 Å². The molecule has 0 spiro atoms. The minimum absolute atomic E-state index is 0.0117. The molecule has 1 aromatic heterocycles. The predicted molar refractivity (Wildman–Crippen MR) is 165 cm³/mol. The maximum Gasteiger partial charge on any atom is 0.227 e. The molecular weight excluding hydrogens is 530 g/mol. The van der Waals surface area contributed by atoms with Gasteiger partial charge in [0.1, 0.15) is 5.82 Å². The smallest absolute Gasteiger partial charge is 0.227 e. The summed E-state index contributed by atoms with van der Waals surface area (Å²) >= 11 is 1.66. The van der Waals surface area contributed by atoms with Gasteiger partial charge in [-0.15, -0.1) is 0 Å². The summed E-state index contributed by atoms with van der Waals surface area (Å²) in [6.07, 6.45) is 5.37. The van der Waals surface area contributed by atoms with Crippen LogP contribution in [0.4, 0.5) is 11.8 Å². The Morgan fingerprint density at radius 3 is 2.37 bits per heavy atom. The second-order valence-corrected chi connectivity index (χ2v) is 12.0. The Hall–Kier alpha value is -3.62. The van der Waals surface area contributed by atoms with Crippen LogP contribution in [0.1, 0.15) is 43.2 Å².